The standard InChI is InChI=1S/C24H18F5NO/c1-13-17-11-14(21-15-5-2-3-8-20(15)31-22(21)24(27,28)29)9-10-23(13,17)30-12-16-18(25)6-4-7-19(16)26/h2-11,13,17,30H,12H2,1H3. The van der Waals surface area contributed by atoms with Gasteiger partial charge in [0, 0.05) is 34.5 Å². The second kappa shape index (κ2) is 6.79. The highest BCUT2D eigenvalue weighted by Crippen LogP contribution is 2.57. The van der Waals surface area contributed by atoms with Crippen LogP contribution >= 0.6 is 0 Å². The molecule has 5 rings (SSSR count). The molecule has 31 heavy (non-hydrogen) atoms. The summed E-state index contributed by atoms with van der Waals surface area (Å²) in [6.07, 6.45) is 0.602. The molecule has 7 heteroatoms. The largest absolute Gasteiger partial charge is 0.451 e. The Labute approximate surface area is 175 Å². The molecular formula is C24H18F5NO. The maximum Gasteiger partial charge on any atom is 0.450 e. The Bertz CT molecular complexity index is 1220. The van der Waals surface area contributed by atoms with Crippen molar-refractivity contribution in [1.29, 1.82) is 0 Å². The van der Waals surface area contributed by atoms with E-state index in [0.717, 1.165) is 0 Å². The summed E-state index contributed by atoms with van der Waals surface area (Å²) in [6.45, 7) is 1.94. The lowest BCUT2D eigenvalue weighted by molar-refractivity contribution is -0.152. The van der Waals surface area contributed by atoms with Gasteiger partial charge in [-0.1, -0.05) is 49.4 Å². The second-order valence-electron chi connectivity index (χ2n) is 8.06. The third-order valence-electron chi connectivity index (χ3n) is 6.41. The summed E-state index contributed by atoms with van der Waals surface area (Å²) in [5.41, 5.74) is 0.0234. The lowest BCUT2D eigenvalue weighted by atomic mass is 9.94. The Balaban J connectivity index is 1.47. The van der Waals surface area contributed by atoms with Crippen molar-refractivity contribution in [1.82, 2.24) is 5.32 Å². The van der Waals surface area contributed by atoms with Gasteiger partial charge in [-0.05, 0) is 29.7 Å². The van der Waals surface area contributed by atoms with Gasteiger partial charge in [0.15, 0.2) is 0 Å². The highest BCUT2D eigenvalue weighted by atomic mass is 19.4. The summed E-state index contributed by atoms with van der Waals surface area (Å²) >= 11 is 0. The predicted octanol–water partition coefficient (Wildman–Crippen LogP) is 6.48. The molecule has 0 radical (unpaired) electrons. The van der Waals surface area contributed by atoms with Crippen LogP contribution in [0.5, 0.6) is 0 Å². The van der Waals surface area contributed by atoms with E-state index in [4.69, 9.17) is 4.42 Å². The Kier molecular flexibility index (Phi) is 4.38. The molecule has 1 fully saturated rings. The first kappa shape index (κ1) is 20.0. The molecule has 3 unspecified atom stereocenters. The van der Waals surface area contributed by atoms with Crippen molar-refractivity contribution < 1.29 is 26.4 Å². The topological polar surface area (TPSA) is 25.2 Å². The zero-order valence-corrected chi connectivity index (χ0v) is 16.4. The van der Waals surface area contributed by atoms with Crippen molar-refractivity contribution in [2.75, 3.05) is 0 Å². The lowest BCUT2D eigenvalue weighted by Gasteiger charge is -2.20. The number of hydrogen-bond acceptors (Lipinski definition) is 2. The molecule has 3 atom stereocenters. The minimum Gasteiger partial charge on any atom is -0.451 e. The number of rotatable bonds is 4. The van der Waals surface area contributed by atoms with Gasteiger partial charge in [-0.25, -0.2) is 8.78 Å². The quantitative estimate of drug-likeness (QED) is 0.479. The minimum atomic E-state index is -4.63. The highest BCUT2D eigenvalue weighted by Gasteiger charge is 2.60. The average Bonchev–Trinajstić information content (AvgIpc) is 3.11. The molecule has 2 aliphatic carbocycles. The van der Waals surface area contributed by atoms with E-state index < -0.39 is 29.1 Å². The maximum absolute atomic E-state index is 14.0. The molecule has 0 saturated heterocycles. The number of fused-ring (bicyclic) bond motifs is 2. The molecule has 160 valence electrons. The third kappa shape index (κ3) is 3.10. The minimum absolute atomic E-state index is 0.0185. The monoisotopic (exact) mass is 431 g/mol. The number of para-hydroxylation sites is 1. The van der Waals surface area contributed by atoms with E-state index in [9.17, 15) is 22.0 Å². The van der Waals surface area contributed by atoms with Crippen LogP contribution < -0.4 is 5.32 Å². The molecule has 0 bridgehead atoms. The molecule has 3 aromatic rings. The number of furan rings is 1. The van der Waals surface area contributed by atoms with Crippen molar-refractivity contribution in [3.8, 4) is 0 Å². The molecule has 0 amide bonds. The van der Waals surface area contributed by atoms with Crippen molar-refractivity contribution in [3.63, 3.8) is 0 Å². The number of alkyl halides is 3. The van der Waals surface area contributed by atoms with Gasteiger partial charge in [0.25, 0.3) is 0 Å². The van der Waals surface area contributed by atoms with Gasteiger partial charge in [0.1, 0.15) is 17.2 Å². The van der Waals surface area contributed by atoms with Crippen LogP contribution in [0, 0.1) is 23.5 Å². The van der Waals surface area contributed by atoms with Crippen molar-refractivity contribution in [2.45, 2.75) is 25.2 Å². The maximum atomic E-state index is 14.0. The number of nitrogens with one attached hydrogen (secondary N) is 1. The number of allylic oxidation sites excluding steroid dienone is 2. The third-order valence-corrected chi connectivity index (χ3v) is 6.41. The van der Waals surface area contributed by atoms with E-state index in [1.807, 2.05) is 6.92 Å². The van der Waals surface area contributed by atoms with Crippen LogP contribution in [-0.2, 0) is 12.7 Å². The zero-order chi connectivity index (χ0) is 22.0. The van der Waals surface area contributed by atoms with Crippen molar-refractivity contribution in [2.24, 2.45) is 11.8 Å². The highest BCUT2D eigenvalue weighted by molar-refractivity contribution is 5.96. The first-order valence-corrected chi connectivity index (χ1v) is 9.90. The van der Waals surface area contributed by atoms with Crippen molar-refractivity contribution in [3.05, 3.63) is 89.2 Å². The molecule has 0 aliphatic heterocycles. The van der Waals surface area contributed by atoms with E-state index in [1.165, 1.54) is 24.3 Å². The van der Waals surface area contributed by atoms with E-state index in [0.29, 0.717) is 11.0 Å². The molecule has 2 aromatic carbocycles. The summed E-state index contributed by atoms with van der Waals surface area (Å²) in [5, 5.41) is 3.61. The van der Waals surface area contributed by atoms with Gasteiger partial charge in [-0.2, -0.15) is 13.2 Å². The van der Waals surface area contributed by atoms with Crippen molar-refractivity contribution >= 4 is 16.5 Å². The first-order valence-electron chi connectivity index (χ1n) is 9.90. The Morgan fingerprint density at radius 1 is 1.03 bits per heavy atom. The molecule has 2 aliphatic rings. The Morgan fingerprint density at radius 2 is 1.74 bits per heavy atom. The van der Waals surface area contributed by atoms with Gasteiger partial charge >= 0.3 is 6.18 Å². The van der Waals surface area contributed by atoms with Crippen LogP contribution in [0.3, 0.4) is 0 Å². The van der Waals surface area contributed by atoms with Crippen LogP contribution in [-0.4, -0.2) is 5.54 Å². The molecule has 1 heterocycles. The average molecular weight is 431 g/mol. The Morgan fingerprint density at radius 3 is 2.42 bits per heavy atom. The fourth-order valence-electron chi connectivity index (χ4n) is 4.62. The van der Waals surface area contributed by atoms with Crippen LogP contribution in [0.4, 0.5) is 22.0 Å². The van der Waals surface area contributed by atoms with E-state index in [-0.39, 0.29) is 35.1 Å². The fourth-order valence-corrected chi connectivity index (χ4v) is 4.62. The van der Waals surface area contributed by atoms with Gasteiger partial charge in [-0.15, -0.1) is 0 Å². The normalized spacial score (nSPS) is 24.9. The summed E-state index contributed by atoms with van der Waals surface area (Å²) < 4.78 is 74.1. The number of halogens is 5. The smallest absolute Gasteiger partial charge is 0.450 e. The van der Waals surface area contributed by atoms with Gasteiger partial charge in [0.2, 0.25) is 5.76 Å². The molecule has 0 spiro atoms. The lowest BCUT2D eigenvalue weighted by Crippen LogP contribution is -2.33. The summed E-state index contributed by atoms with van der Waals surface area (Å²) in [7, 11) is 0. The molecule has 1 N–H and O–H groups in total. The van der Waals surface area contributed by atoms with E-state index >= 15 is 0 Å². The van der Waals surface area contributed by atoms with Crippen LogP contribution in [0.1, 0.15) is 23.8 Å². The summed E-state index contributed by atoms with van der Waals surface area (Å²) in [5.74, 6) is -2.33. The summed E-state index contributed by atoms with van der Waals surface area (Å²) in [4.78, 5) is 0. The van der Waals surface area contributed by atoms with Gasteiger partial charge in [-0.3, -0.25) is 0 Å². The van der Waals surface area contributed by atoms with E-state index in [2.05, 4.69) is 5.32 Å². The molecule has 1 saturated carbocycles. The SMILES string of the molecule is CC1C2C=C(c3c(C(F)(F)F)oc4ccccc34)C=CC12NCc1c(F)cccc1F. The summed E-state index contributed by atoms with van der Waals surface area (Å²) in [6, 6.07) is 10.1. The van der Waals surface area contributed by atoms with E-state index in [1.54, 1.807) is 36.4 Å². The Hall–Kier alpha value is -2.93. The van der Waals surface area contributed by atoms with Gasteiger partial charge in [0.05, 0.1) is 0 Å². The molecule has 2 nitrogen and oxygen atoms in total. The van der Waals surface area contributed by atoms with Gasteiger partial charge < -0.3 is 9.73 Å². The number of hydrogen-bond donors (Lipinski definition) is 1. The molecular weight excluding hydrogens is 413 g/mol. The van der Waals surface area contributed by atoms with Crippen LogP contribution in [0.2, 0.25) is 0 Å². The molecule has 1 aromatic heterocycles. The number of benzene rings is 2. The first-order chi connectivity index (χ1) is 14.7. The predicted molar refractivity (Wildman–Crippen MR) is 107 cm³/mol. The second-order valence-corrected chi connectivity index (χ2v) is 8.06. The zero-order valence-electron chi connectivity index (χ0n) is 16.4. The van der Waals surface area contributed by atoms with Crippen LogP contribution in [0.15, 0.2) is 65.1 Å². The fraction of sp³-hybridized carbons (Fsp3) is 0.250. The van der Waals surface area contributed by atoms with Crippen LogP contribution in [0.25, 0.3) is 16.5 Å².